The van der Waals surface area contributed by atoms with Crippen molar-refractivity contribution < 1.29 is 9.18 Å². The number of amides is 1. The summed E-state index contributed by atoms with van der Waals surface area (Å²) in [7, 11) is 1.71. The standard InChI is InChI=1S/C22H21FN8O2/c1-12-17(6-3-7-25-12)30-8-4-5-15(22(30)33)27-18-10-19(24-2)31-20(29-18)13(11-26-31)21(32)28-16-9-14(16)23/h3-8,10-11,14,16,24H,9H2,1-2H3,(H,27,29)(H,28,32)/t14-,16+/m0/s1. The maximum absolute atomic E-state index is 13.2. The molecule has 4 aromatic heterocycles. The van der Waals surface area contributed by atoms with Crippen LogP contribution in [0, 0.1) is 6.92 Å². The predicted octanol–water partition coefficient (Wildman–Crippen LogP) is 2.21. The van der Waals surface area contributed by atoms with Crippen LogP contribution in [0.2, 0.25) is 0 Å². The summed E-state index contributed by atoms with van der Waals surface area (Å²) in [5, 5.41) is 12.9. The van der Waals surface area contributed by atoms with Gasteiger partial charge in [0.05, 0.1) is 23.6 Å². The predicted molar refractivity (Wildman–Crippen MR) is 121 cm³/mol. The average molecular weight is 448 g/mol. The minimum Gasteiger partial charge on any atom is -0.373 e. The second-order valence-corrected chi connectivity index (χ2v) is 7.73. The summed E-state index contributed by atoms with van der Waals surface area (Å²) >= 11 is 0. The van der Waals surface area contributed by atoms with Crippen molar-refractivity contribution in [3.63, 3.8) is 0 Å². The highest BCUT2D eigenvalue weighted by atomic mass is 19.1. The van der Waals surface area contributed by atoms with Gasteiger partial charge in [0, 0.05) is 31.9 Å². The van der Waals surface area contributed by atoms with Gasteiger partial charge in [0.2, 0.25) is 0 Å². The first kappa shape index (κ1) is 20.6. The number of nitrogens with zero attached hydrogens (tertiary/aromatic N) is 5. The molecule has 1 fully saturated rings. The van der Waals surface area contributed by atoms with Crippen LogP contribution >= 0.6 is 0 Å². The summed E-state index contributed by atoms with van der Waals surface area (Å²) in [4.78, 5) is 34.5. The van der Waals surface area contributed by atoms with Crippen molar-refractivity contribution in [1.29, 1.82) is 0 Å². The minimum atomic E-state index is -1.02. The molecule has 3 N–H and O–H groups in total. The lowest BCUT2D eigenvalue weighted by Crippen LogP contribution is -2.27. The molecule has 5 rings (SSSR count). The van der Waals surface area contributed by atoms with Gasteiger partial charge < -0.3 is 16.0 Å². The van der Waals surface area contributed by atoms with Gasteiger partial charge in [0.25, 0.3) is 11.5 Å². The number of fused-ring (bicyclic) bond motifs is 1. The zero-order chi connectivity index (χ0) is 23.1. The van der Waals surface area contributed by atoms with E-state index in [1.807, 2.05) is 13.0 Å². The van der Waals surface area contributed by atoms with Gasteiger partial charge >= 0.3 is 0 Å². The fraction of sp³-hybridized carbons (Fsp3) is 0.227. The molecule has 1 saturated carbocycles. The summed E-state index contributed by atoms with van der Waals surface area (Å²) in [6.07, 6.45) is 4.02. The number of hydrogen-bond acceptors (Lipinski definition) is 7. The molecular formula is C22H21FN8O2. The van der Waals surface area contributed by atoms with E-state index in [2.05, 4.69) is 31.0 Å². The van der Waals surface area contributed by atoms with Crippen LogP contribution in [0.15, 0.2) is 53.7 Å². The molecule has 10 nitrogen and oxygen atoms in total. The summed E-state index contributed by atoms with van der Waals surface area (Å²) in [6, 6.07) is 8.17. The third-order valence-corrected chi connectivity index (χ3v) is 5.45. The van der Waals surface area contributed by atoms with Crippen molar-refractivity contribution in [1.82, 2.24) is 29.5 Å². The highest BCUT2D eigenvalue weighted by Gasteiger charge is 2.39. The van der Waals surface area contributed by atoms with Crippen LogP contribution in [-0.4, -0.2) is 49.3 Å². The monoisotopic (exact) mass is 448 g/mol. The quantitative estimate of drug-likeness (QED) is 0.414. The van der Waals surface area contributed by atoms with Gasteiger partial charge in [-0.15, -0.1) is 0 Å². The molecule has 33 heavy (non-hydrogen) atoms. The Morgan fingerprint density at radius 3 is 2.82 bits per heavy atom. The number of alkyl halides is 1. The number of rotatable bonds is 6. The SMILES string of the molecule is CNc1cc(Nc2cccn(-c3cccnc3C)c2=O)nc2c(C(=O)N[C@@H]3C[C@@H]3F)cnn12. The molecule has 1 aliphatic carbocycles. The topological polar surface area (TPSA) is 118 Å². The number of aromatic nitrogens is 5. The van der Waals surface area contributed by atoms with Crippen molar-refractivity contribution in [2.24, 2.45) is 0 Å². The first-order valence-corrected chi connectivity index (χ1v) is 10.4. The third kappa shape index (κ3) is 3.77. The van der Waals surface area contributed by atoms with Gasteiger partial charge in [-0.25, -0.2) is 9.37 Å². The molecule has 0 bridgehead atoms. The van der Waals surface area contributed by atoms with E-state index in [0.29, 0.717) is 29.4 Å². The maximum atomic E-state index is 13.2. The van der Waals surface area contributed by atoms with E-state index >= 15 is 0 Å². The number of pyridine rings is 2. The molecule has 2 atom stereocenters. The van der Waals surface area contributed by atoms with Crippen LogP contribution in [0.1, 0.15) is 22.5 Å². The molecular weight excluding hydrogens is 427 g/mol. The molecule has 4 aromatic rings. The Labute approximate surface area is 187 Å². The molecule has 11 heteroatoms. The van der Waals surface area contributed by atoms with Crippen LogP contribution in [-0.2, 0) is 0 Å². The fourth-order valence-electron chi connectivity index (χ4n) is 3.57. The van der Waals surface area contributed by atoms with E-state index in [9.17, 15) is 14.0 Å². The summed E-state index contributed by atoms with van der Waals surface area (Å²) in [5.74, 6) is 0.445. The number of nitrogens with one attached hydrogen (secondary N) is 3. The molecule has 168 valence electrons. The largest absolute Gasteiger partial charge is 0.373 e. The Kier molecular flexibility index (Phi) is 5.00. The zero-order valence-corrected chi connectivity index (χ0v) is 17.9. The maximum Gasteiger partial charge on any atom is 0.278 e. The number of aryl methyl sites for hydroxylation is 1. The van der Waals surface area contributed by atoms with E-state index < -0.39 is 18.1 Å². The zero-order valence-electron chi connectivity index (χ0n) is 17.9. The van der Waals surface area contributed by atoms with E-state index in [4.69, 9.17) is 0 Å². The van der Waals surface area contributed by atoms with Crippen LogP contribution in [0.4, 0.5) is 21.7 Å². The lowest BCUT2D eigenvalue weighted by Gasteiger charge is -2.12. The van der Waals surface area contributed by atoms with Gasteiger partial charge in [-0.2, -0.15) is 9.61 Å². The summed E-state index contributed by atoms with van der Waals surface area (Å²) in [6.45, 7) is 1.83. The number of anilines is 3. The number of hydrogen-bond donors (Lipinski definition) is 3. The summed E-state index contributed by atoms with van der Waals surface area (Å²) < 4.78 is 16.2. The van der Waals surface area contributed by atoms with Gasteiger partial charge in [0.15, 0.2) is 5.65 Å². The Bertz CT molecular complexity index is 1430. The molecule has 0 aromatic carbocycles. The van der Waals surface area contributed by atoms with Crippen LogP contribution in [0.5, 0.6) is 0 Å². The molecule has 0 aliphatic heterocycles. The van der Waals surface area contributed by atoms with Crippen molar-refractivity contribution in [2.45, 2.75) is 25.6 Å². The smallest absolute Gasteiger partial charge is 0.278 e. The Morgan fingerprint density at radius 2 is 2.09 bits per heavy atom. The first-order chi connectivity index (χ1) is 16.0. The lowest BCUT2D eigenvalue weighted by atomic mass is 10.3. The third-order valence-electron chi connectivity index (χ3n) is 5.45. The summed E-state index contributed by atoms with van der Waals surface area (Å²) in [5.41, 5.74) is 1.89. The van der Waals surface area contributed by atoms with E-state index in [1.165, 1.54) is 15.3 Å². The molecule has 0 saturated heterocycles. The van der Waals surface area contributed by atoms with Gasteiger partial charge in [-0.05, 0) is 31.2 Å². The van der Waals surface area contributed by atoms with Crippen molar-refractivity contribution in [2.75, 3.05) is 17.7 Å². The van der Waals surface area contributed by atoms with E-state index in [1.54, 1.807) is 43.7 Å². The Morgan fingerprint density at radius 1 is 1.27 bits per heavy atom. The number of carbonyl (C=O) groups is 1. The van der Waals surface area contributed by atoms with Crippen LogP contribution in [0.3, 0.4) is 0 Å². The molecule has 0 spiro atoms. The molecule has 0 radical (unpaired) electrons. The Balaban J connectivity index is 1.52. The number of halogens is 1. The van der Waals surface area contributed by atoms with Crippen molar-refractivity contribution >= 4 is 28.9 Å². The molecule has 4 heterocycles. The highest BCUT2D eigenvalue weighted by Crippen LogP contribution is 2.26. The lowest BCUT2D eigenvalue weighted by molar-refractivity contribution is 0.0949. The van der Waals surface area contributed by atoms with Gasteiger partial charge in [-0.3, -0.25) is 19.1 Å². The first-order valence-electron chi connectivity index (χ1n) is 10.4. The Hall–Kier alpha value is -4.28. The number of carbonyl (C=O) groups excluding carboxylic acids is 1. The minimum absolute atomic E-state index is 0.214. The van der Waals surface area contributed by atoms with Crippen molar-refractivity contribution in [3.05, 3.63) is 70.5 Å². The van der Waals surface area contributed by atoms with E-state index in [0.717, 1.165) is 5.69 Å². The van der Waals surface area contributed by atoms with Crippen molar-refractivity contribution in [3.8, 4) is 5.69 Å². The van der Waals surface area contributed by atoms with E-state index in [-0.39, 0.29) is 16.8 Å². The molecule has 1 aliphatic rings. The molecule has 0 unspecified atom stereocenters. The van der Waals surface area contributed by atoms with Gasteiger partial charge in [-0.1, -0.05) is 0 Å². The average Bonchev–Trinajstić information content (AvgIpc) is 3.32. The normalized spacial score (nSPS) is 17.1. The molecule has 1 amide bonds. The van der Waals surface area contributed by atoms with Gasteiger partial charge in [0.1, 0.15) is 29.1 Å². The second-order valence-electron chi connectivity index (χ2n) is 7.73. The van der Waals surface area contributed by atoms with Crippen LogP contribution < -0.4 is 21.5 Å². The fourth-order valence-corrected chi connectivity index (χ4v) is 3.57. The van der Waals surface area contributed by atoms with Crippen LogP contribution in [0.25, 0.3) is 11.3 Å². The second kappa shape index (κ2) is 8.01. The highest BCUT2D eigenvalue weighted by molar-refractivity contribution is 6.00.